The highest BCUT2D eigenvalue weighted by Crippen LogP contribution is 2.01. The number of nitrogens with one attached hydrogen (secondary N) is 1. The molecule has 0 unspecified atom stereocenters. The molecule has 0 bridgehead atoms. The van der Waals surface area contributed by atoms with Gasteiger partial charge in [-0.25, -0.2) is 0 Å². The van der Waals surface area contributed by atoms with Crippen LogP contribution < -0.4 is 5.32 Å². The van der Waals surface area contributed by atoms with E-state index in [9.17, 15) is 9.59 Å². The van der Waals surface area contributed by atoms with Gasteiger partial charge in [0.1, 0.15) is 5.76 Å². The molecule has 23 heavy (non-hydrogen) atoms. The molecule has 0 aliphatic carbocycles. The Kier molecular flexibility index (Phi) is 11.8. The number of allylic oxidation sites excluding steroid dienone is 3. The van der Waals surface area contributed by atoms with Crippen LogP contribution in [0.1, 0.15) is 34.1 Å². The fraction of sp³-hybridized carbons (Fsp3) is 0.263. The Morgan fingerprint density at radius 1 is 1.13 bits per heavy atom. The summed E-state index contributed by atoms with van der Waals surface area (Å²) in [5, 5.41) is 3.05. The van der Waals surface area contributed by atoms with Crippen LogP contribution in [0.2, 0.25) is 0 Å². The molecule has 0 saturated carbocycles. The lowest BCUT2D eigenvalue weighted by molar-refractivity contribution is 0.109. The van der Waals surface area contributed by atoms with Gasteiger partial charge in [-0.05, 0) is 33.0 Å². The van der Waals surface area contributed by atoms with E-state index in [1.54, 1.807) is 24.3 Å². The maximum atomic E-state index is 10.2. The first-order chi connectivity index (χ1) is 11.0. The van der Waals surface area contributed by atoms with Crippen molar-refractivity contribution in [3.8, 4) is 0 Å². The van der Waals surface area contributed by atoms with Crippen LogP contribution in [-0.2, 0) is 4.74 Å². The quantitative estimate of drug-likeness (QED) is 0.327. The number of benzene rings is 1. The van der Waals surface area contributed by atoms with Gasteiger partial charge in [-0.2, -0.15) is 0 Å². The van der Waals surface area contributed by atoms with Gasteiger partial charge in [-0.3, -0.25) is 9.59 Å². The lowest BCUT2D eigenvalue weighted by Crippen LogP contribution is -2.09. The molecular weight excluding hydrogens is 290 g/mol. The van der Waals surface area contributed by atoms with Crippen molar-refractivity contribution in [2.24, 2.45) is 0 Å². The van der Waals surface area contributed by atoms with Gasteiger partial charge < -0.3 is 10.1 Å². The van der Waals surface area contributed by atoms with Crippen molar-refractivity contribution in [3.05, 3.63) is 72.0 Å². The minimum atomic E-state index is 0.442. The highest BCUT2D eigenvalue weighted by molar-refractivity contribution is 5.89. The highest BCUT2D eigenvalue weighted by Gasteiger charge is 1.95. The number of carbonyl (C=O) groups is 2. The molecule has 0 saturated heterocycles. The van der Waals surface area contributed by atoms with E-state index >= 15 is 0 Å². The van der Waals surface area contributed by atoms with E-state index in [2.05, 4.69) is 18.5 Å². The van der Waals surface area contributed by atoms with Crippen LogP contribution in [0, 0.1) is 0 Å². The van der Waals surface area contributed by atoms with E-state index in [0.717, 1.165) is 18.5 Å². The molecule has 1 N–H and O–H groups in total. The molecule has 4 heteroatoms. The summed E-state index contributed by atoms with van der Waals surface area (Å²) in [4.78, 5) is 20.5. The molecule has 0 spiro atoms. The lowest BCUT2D eigenvalue weighted by Gasteiger charge is -2.04. The molecule has 1 aromatic rings. The zero-order valence-corrected chi connectivity index (χ0v) is 13.9. The van der Waals surface area contributed by atoms with Gasteiger partial charge in [0.05, 0.1) is 6.61 Å². The van der Waals surface area contributed by atoms with Gasteiger partial charge in [0.15, 0.2) is 12.6 Å². The average molecular weight is 315 g/mol. The molecule has 0 fully saturated rings. The van der Waals surface area contributed by atoms with Crippen molar-refractivity contribution in [2.75, 3.05) is 20.2 Å². The van der Waals surface area contributed by atoms with E-state index in [1.807, 2.05) is 26.1 Å². The summed E-state index contributed by atoms with van der Waals surface area (Å²) in [6.07, 6.45) is 6.06. The molecular formula is C19H25NO3. The second-order valence-corrected chi connectivity index (χ2v) is 4.82. The summed E-state index contributed by atoms with van der Waals surface area (Å²) < 4.78 is 5.33. The van der Waals surface area contributed by atoms with Crippen LogP contribution in [0.5, 0.6) is 0 Å². The fourth-order valence-electron chi connectivity index (χ4n) is 1.46. The number of hydrogen-bond donors (Lipinski definition) is 1. The van der Waals surface area contributed by atoms with E-state index < -0.39 is 0 Å². The second-order valence-electron chi connectivity index (χ2n) is 4.82. The summed E-state index contributed by atoms with van der Waals surface area (Å²) in [5.74, 6) is 0.694. The number of carbonyl (C=O) groups excluding carboxylic acids is 2. The van der Waals surface area contributed by atoms with Crippen LogP contribution in [0.3, 0.4) is 0 Å². The molecule has 0 aromatic heterocycles. The third kappa shape index (κ3) is 10.8. The van der Waals surface area contributed by atoms with Gasteiger partial charge in [-0.1, -0.05) is 49.1 Å². The first kappa shape index (κ1) is 20.5. The van der Waals surface area contributed by atoms with Crippen LogP contribution in [-0.4, -0.2) is 32.8 Å². The Bertz CT molecular complexity index is 520. The zero-order valence-electron chi connectivity index (χ0n) is 13.9. The highest BCUT2D eigenvalue weighted by atomic mass is 16.5. The minimum Gasteiger partial charge on any atom is -0.494 e. The van der Waals surface area contributed by atoms with Crippen molar-refractivity contribution in [1.82, 2.24) is 5.32 Å². The molecule has 0 aliphatic rings. The van der Waals surface area contributed by atoms with Crippen molar-refractivity contribution >= 4 is 12.6 Å². The molecule has 0 aliphatic heterocycles. The van der Waals surface area contributed by atoms with Crippen LogP contribution >= 0.6 is 0 Å². The van der Waals surface area contributed by atoms with E-state index in [-0.39, 0.29) is 0 Å². The Labute approximate surface area is 138 Å². The van der Waals surface area contributed by atoms with Gasteiger partial charge in [-0.15, -0.1) is 0 Å². The van der Waals surface area contributed by atoms with Crippen molar-refractivity contribution < 1.29 is 14.3 Å². The Morgan fingerprint density at radius 2 is 1.70 bits per heavy atom. The Balaban J connectivity index is 0.000000433. The molecule has 0 radical (unpaired) electrons. The van der Waals surface area contributed by atoms with E-state index in [0.29, 0.717) is 36.1 Å². The fourth-order valence-corrected chi connectivity index (χ4v) is 1.46. The molecule has 0 amide bonds. The monoisotopic (exact) mass is 315 g/mol. The van der Waals surface area contributed by atoms with Gasteiger partial charge in [0.2, 0.25) is 0 Å². The first-order valence-corrected chi connectivity index (χ1v) is 7.34. The SMILES string of the molecule is C=C(C)/C=C\C(=C)OCCCNC.O=Cc1ccccc1C=O. The molecule has 1 rings (SSSR count). The molecule has 1 aromatic carbocycles. The predicted molar refractivity (Wildman–Crippen MR) is 94.8 cm³/mol. The normalized spacial score (nSPS) is 9.65. The van der Waals surface area contributed by atoms with Crippen molar-refractivity contribution in [3.63, 3.8) is 0 Å². The standard InChI is InChI=1S/C11H19NO.C8H6O2/c1-10(2)6-7-11(3)13-9-5-8-12-4;9-5-7-3-1-2-4-8(7)6-10/h6-7,12H,1,3,5,8-9H2,2,4H3;1-6H/b7-6-;. The van der Waals surface area contributed by atoms with Crippen molar-refractivity contribution in [2.45, 2.75) is 13.3 Å². The van der Waals surface area contributed by atoms with E-state index in [1.165, 1.54) is 0 Å². The van der Waals surface area contributed by atoms with E-state index in [4.69, 9.17) is 4.74 Å². The minimum absolute atomic E-state index is 0.442. The van der Waals surface area contributed by atoms with Gasteiger partial charge >= 0.3 is 0 Å². The maximum Gasteiger partial charge on any atom is 0.150 e. The Morgan fingerprint density at radius 3 is 2.13 bits per heavy atom. The van der Waals surface area contributed by atoms with Crippen molar-refractivity contribution in [1.29, 1.82) is 0 Å². The molecule has 0 atom stereocenters. The summed E-state index contributed by atoms with van der Waals surface area (Å²) in [6, 6.07) is 6.65. The largest absolute Gasteiger partial charge is 0.494 e. The second kappa shape index (κ2) is 13.2. The first-order valence-electron chi connectivity index (χ1n) is 7.34. The van der Waals surface area contributed by atoms with Crippen LogP contribution in [0.15, 0.2) is 60.9 Å². The number of aldehydes is 2. The topological polar surface area (TPSA) is 55.4 Å². The molecule has 4 nitrogen and oxygen atoms in total. The summed E-state index contributed by atoms with van der Waals surface area (Å²) in [7, 11) is 1.93. The average Bonchev–Trinajstić information content (AvgIpc) is 2.57. The van der Waals surface area contributed by atoms with Crippen LogP contribution in [0.25, 0.3) is 0 Å². The third-order valence-electron chi connectivity index (χ3n) is 2.66. The summed E-state index contributed by atoms with van der Waals surface area (Å²) >= 11 is 0. The third-order valence-corrected chi connectivity index (χ3v) is 2.66. The molecule has 0 heterocycles. The lowest BCUT2D eigenvalue weighted by atomic mass is 10.1. The van der Waals surface area contributed by atoms with Gasteiger partial charge in [0, 0.05) is 11.1 Å². The summed E-state index contributed by atoms with van der Waals surface area (Å²) in [5.41, 5.74) is 1.88. The zero-order chi connectivity index (χ0) is 17.5. The maximum absolute atomic E-state index is 10.2. The van der Waals surface area contributed by atoms with Crippen LogP contribution in [0.4, 0.5) is 0 Å². The molecule has 124 valence electrons. The number of ether oxygens (including phenoxy) is 1. The van der Waals surface area contributed by atoms with Gasteiger partial charge in [0.25, 0.3) is 0 Å². The number of hydrogen-bond acceptors (Lipinski definition) is 4. The number of rotatable bonds is 9. The Hall–Kier alpha value is -2.46. The predicted octanol–water partition coefficient (Wildman–Crippen LogP) is 3.57. The summed E-state index contributed by atoms with van der Waals surface area (Å²) in [6.45, 7) is 11.1. The smallest absolute Gasteiger partial charge is 0.150 e.